The first kappa shape index (κ1) is 16.7. The van der Waals surface area contributed by atoms with E-state index in [1.54, 1.807) is 24.3 Å². The van der Waals surface area contributed by atoms with Crippen LogP contribution in [0.2, 0.25) is 0 Å². The molecular formula is C18H20N2O3. The first-order valence-corrected chi connectivity index (χ1v) is 7.42. The van der Waals surface area contributed by atoms with Crippen molar-refractivity contribution in [1.29, 1.82) is 0 Å². The van der Waals surface area contributed by atoms with Gasteiger partial charge in [-0.05, 0) is 18.1 Å². The first-order valence-electron chi connectivity index (χ1n) is 7.42. The topological polar surface area (TPSA) is 78.4 Å². The summed E-state index contributed by atoms with van der Waals surface area (Å²) >= 11 is 0. The molecule has 1 atom stereocenters. The van der Waals surface area contributed by atoms with E-state index in [0.29, 0.717) is 12.1 Å². The molecule has 0 saturated heterocycles. The molecule has 5 heteroatoms. The second kappa shape index (κ2) is 8.10. The number of nitrogens with one attached hydrogen (secondary N) is 2. The Balaban J connectivity index is 1.87. The fourth-order valence-corrected chi connectivity index (χ4v) is 2.16. The minimum absolute atomic E-state index is 0.191. The van der Waals surface area contributed by atoms with E-state index in [9.17, 15) is 9.59 Å². The lowest BCUT2D eigenvalue weighted by molar-refractivity contribution is 0.0903. The van der Waals surface area contributed by atoms with Gasteiger partial charge < -0.3 is 15.7 Å². The van der Waals surface area contributed by atoms with Crippen molar-refractivity contribution in [3.63, 3.8) is 0 Å². The second-order valence-corrected chi connectivity index (χ2v) is 5.24. The molecule has 0 aromatic heterocycles. The van der Waals surface area contributed by atoms with Crippen molar-refractivity contribution in [2.24, 2.45) is 0 Å². The zero-order valence-corrected chi connectivity index (χ0v) is 13.0. The van der Waals surface area contributed by atoms with Crippen molar-refractivity contribution in [3.8, 4) is 0 Å². The van der Waals surface area contributed by atoms with Crippen LogP contribution in [0.5, 0.6) is 0 Å². The quantitative estimate of drug-likeness (QED) is 0.717. The third-order valence-corrected chi connectivity index (χ3v) is 3.52. The van der Waals surface area contributed by atoms with Crippen LogP contribution in [0.3, 0.4) is 0 Å². The highest BCUT2D eigenvalue weighted by molar-refractivity contribution is 5.96. The maximum Gasteiger partial charge on any atom is 0.315 e. The van der Waals surface area contributed by atoms with Gasteiger partial charge in [0.05, 0.1) is 6.04 Å². The fraction of sp³-hybridized carbons (Fsp3) is 0.222. The standard InChI is InChI=1S/C18H20N2O3/c1-13(15-7-9-16(10-8-15)17(22)12-21)20-18(23)19-11-14-5-3-2-4-6-14/h2-10,13,21H,11-12H2,1H3,(H2,19,20,23)/t13-/m1/s1. The molecule has 0 aliphatic rings. The number of rotatable bonds is 6. The van der Waals surface area contributed by atoms with Crippen LogP contribution in [0.4, 0.5) is 4.79 Å². The van der Waals surface area contributed by atoms with Crippen molar-refractivity contribution >= 4 is 11.8 Å². The van der Waals surface area contributed by atoms with Gasteiger partial charge in [-0.2, -0.15) is 0 Å². The lowest BCUT2D eigenvalue weighted by Gasteiger charge is -2.15. The SMILES string of the molecule is C[C@@H](NC(=O)NCc1ccccc1)c1ccc(C(=O)CO)cc1. The van der Waals surface area contributed by atoms with E-state index in [1.165, 1.54) is 0 Å². The monoisotopic (exact) mass is 312 g/mol. The van der Waals surface area contributed by atoms with E-state index in [1.807, 2.05) is 37.3 Å². The summed E-state index contributed by atoms with van der Waals surface area (Å²) in [6.45, 7) is 1.82. The molecular weight excluding hydrogens is 292 g/mol. The number of Topliss-reactive ketones (excluding diaryl/α,β-unsaturated/α-hetero) is 1. The maximum atomic E-state index is 11.9. The summed E-state index contributed by atoms with van der Waals surface area (Å²) in [5.41, 5.74) is 2.37. The predicted octanol–water partition coefficient (Wildman–Crippen LogP) is 2.42. The minimum Gasteiger partial charge on any atom is -0.388 e. The summed E-state index contributed by atoms with van der Waals surface area (Å²) in [7, 11) is 0. The number of aliphatic hydroxyl groups excluding tert-OH is 1. The van der Waals surface area contributed by atoms with Crippen LogP contribution in [0.15, 0.2) is 54.6 Å². The van der Waals surface area contributed by atoms with Crippen LogP contribution in [0, 0.1) is 0 Å². The van der Waals surface area contributed by atoms with E-state index in [2.05, 4.69) is 10.6 Å². The molecule has 120 valence electrons. The number of carbonyl (C=O) groups excluding carboxylic acids is 2. The van der Waals surface area contributed by atoms with Gasteiger partial charge in [0.15, 0.2) is 5.78 Å². The lowest BCUT2D eigenvalue weighted by atomic mass is 10.0. The van der Waals surface area contributed by atoms with Gasteiger partial charge in [-0.25, -0.2) is 4.79 Å². The van der Waals surface area contributed by atoms with Crippen LogP contribution in [-0.2, 0) is 6.54 Å². The number of benzene rings is 2. The molecule has 2 amide bonds. The highest BCUT2D eigenvalue weighted by atomic mass is 16.3. The van der Waals surface area contributed by atoms with Gasteiger partial charge in [-0.15, -0.1) is 0 Å². The van der Waals surface area contributed by atoms with Crippen molar-refractivity contribution in [2.45, 2.75) is 19.5 Å². The predicted molar refractivity (Wildman–Crippen MR) is 88.1 cm³/mol. The van der Waals surface area contributed by atoms with E-state index in [-0.39, 0.29) is 17.9 Å². The summed E-state index contributed by atoms with van der Waals surface area (Å²) in [5, 5.41) is 14.5. The average Bonchev–Trinajstić information content (AvgIpc) is 2.60. The van der Waals surface area contributed by atoms with Crippen molar-refractivity contribution in [3.05, 3.63) is 71.3 Å². The summed E-state index contributed by atoms with van der Waals surface area (Å²) < 4.78 is 0. The van der Waals surface area contributed by atoms with E-state index < -0.39 is 6.61 Å². The first-order chi connectivity index (χ1) is 11.1. The number of aliphatic hydroxyl groups is 1. The number of ketones is 1. The average molecular weight is 312 g/mol. The fourth-order valence-electron chi connectivity index (χ4n) is 2.16. The Labute approximate surface area is 135 Å². The maximum absolute atomic E-state index is 11.9. The molecule has 0 saturated carbocycles. The molecule has 2 aromatic rings. The Bertz CT molecular complexity index is 654. The smallest absolute Gasteiger partial charge is 0.315 e. The molecule has 0 bridgehead atoms. The van der Waals surface area contributed by atoms with Gasteiger partial charge in [0.2, 0.25) is 0 Å². The number of urea groups is 1. The number of amides is 2. The Hall–Kier alpha value is -2.66. The molecule has 23 heavy (non-hydrogen) atoms. The van der Waals surface area contributed by atoms with Crippen LogP contribution in [-0.4, -0.2) is 23.5 Å². The van der Waals surface area contributed by atoms with Gasteiger partial charge in [0, 0.05) is 12.1 Å². The summed E-state index contributed by atoms with van der Waals surface area (Å²) in [5.74, 6) is -0.322. The number of carbonyl (C=O) groups is 2. The Morgan fingerprint density at radius 3 is 2.30 bits per heavy atom. The molecule has 2 aromatic carbocycles. The Kier molecular flexibility index (Phi) is 5.88. The number of hydrogen-bond donors (Lipinski definition) is 3. The second-order valence-electron chi connectivity index (χ2n) is 5.24. The van der Waals surface area contributed by atoms with Gasteiger partial charge >= 0.3 is 6.03 Å². The molecule has 0 unspecified atom stereocenters. The molecule has 0 aliphatic heterocycles. The van der Waals surface area contributed by atoms with Gasteiger partial charge in [0.25, 0.3) is 0 Å². The van der Waals surface area contributed by atoms with Crippen LogP contribution in [0.1, 0.15) is 34.5 Å². The lowest BCUT2D eigenvalue weighted by Crippen LogP contribution is -2.36. The summed E-state index contributed by atoms with van der Waals surface area (Å²) in [6.07, 6.45) is 0. The molecule has 0 heterocycles. The van der Waals surface area contributed by atoms with Gasteiger partial charge in [0.1, 0.15) is 6.61 Å². The largest absolute Gasteiger partial charge is 0.388 e. The van der Waals surface area contributed by atoms with Crippen molar-refractivity contribution in [1.82, 2.24) is 10.6 Å². The third kappa shape index (κ3) is 4.93. The van der Waals surface area contributed by atoms with Crippen molar-refractivity contribution in [2.75, 3.05) is 6.61 Å². The zero-order valence-electron chi connectivity index (χ0n) is 13.0. The molecule has 0 radical (unpaired) electrons. The highest BCUT2D eigenvalue weighted by Gasteiger charge is 2.10. The molecule has 0 fully saturated rings. The summed E-state index contributed by atoms with van der Waals surface area (Å²) in [6, 6.07) is 16.1. The zero-order chi connectivity index (χ0) is 16.7. The normalized spacial score (nSPS) is 11.6. The van der Waals surface area contributed by atoms with E-state index >= 15 is 0 Å². The Morgan fingerprint density at radius 2 is 1.70 bits per heavy atom. The molecule has 0 spiro atoms. The van der Waals surface area contributed by atoms with Gasteiger partial charge in [-0.3, -0.25) is 4.79 Å². The minimum atomic E-state index is -0.505. The van der Waals surface area contributed by atoms with Crippen LogP contribution >= 0.6 is 0 Å². The van der Waals surface area contributed by atoms with E-state index in [4.69, 9.17) is 5.11 Å². The number of hydrogen-bond acceptors (Lipinski definition) is 3. The molecule has 5 nitrogen and oxygen atoms in total. The van der Waals surface area contributed by atoms with Gasteiger partial charge in [-0.1, -0.05) is 54.6 Å². The summed E-state index contributed by atoms with van der Waals surface area (Å²) in [4.78, 5) is 23.3. The molecule has 2 rings (SSSR count). The van der Waals surface area contributed by atoms with Crippen molar-refractivity contribution < 1.29 is 14.7 Å². The molecule has 0 aliphatic carbocycles. The molecule has 3 N–H and O–H groups in total. The van der Waals surface area contributed by atoms with Crippen LogP contribution < -0.4 is 10.6 Å². The third-order valence-electron chi connectivity index (χ3n) is 3.52. The Morgan fingerprint density at radius 1 is 1.04 bits per heavy atom. The van der Waals surface area contributed by atoms with Crippen LogP contribution in [0.25, 0.3) is 0 Å². The highest BCUT2D eigenvalue weighted by Crippen LogP contribution is 2.13. The van der Waals surface area contributed by atoms with E-state index in [0.717, 1.165) is 11.1 Å².